The Morgan fingerprint density at radius 1 is 1.08 bits per heavy atom. The fraction of sp³-hybridized carbons (Fsp3) is 0.235. The molecular formula is C17H17N3O4S. The summed E-state index contributed by atoms with van der Waals surface area (Å²) in [5.41, 5.74) is 1.33. The van der Waals surface area contributed by atoms with Crippen molar-refractivity contribution in [3.05, 3.63) is 46.8 Å². The Morgan fingerprint density at radius 2 is 1.80 bits per heavy atom. The van der Waals surface area contributed by atoms with Gasteiger partial charge in [-0.05, 0) is 48.6 Å². The molecule has 0 bridgehead atoms. The normalized spacial score (nSPS) is 13.0. The van der Waals surface area contributed by atoms with E-state index in [2.05, 4.69) is 20.7 Å². The number of benzene rings is 1. The van der Waals surface area contributed by atoms with E-state index >= 15 is 0 Å². The number of esters is 1. The molecule has 2 aromatic rings. The van der Waals surface area contributed by atoms with Gasteiger partial charge in [0.2, 0.25) is 0 Å². The minimum Gasteiger partial charge on any atom is -0.465 e. The van der Waals surface area contributed by atoms with Gasteiger partial charge >= 0.3 is 12.0 Å². The molecule has 1 saturated carbocycles. The zero-order valence-electron chi connectivity index (χ0n) is 13.5. The fourth-order valence-electron chi connectivity index (χ4n) is 2.14. The van der Waals surface area contributed by atoms with Crippen molar-refractivity contribution in [3.8, 4) is 0 Å². The highest BCUT2D eigenvalue weighted by atomic mass is 32.1. The molecule has 130 valence electrons. The van der Waals surface area contributed by atoms with Gasteiger partial charge in [0.15, 0.2) is 0 Å². The summed E-state index contributed by atoms with van der Waals surface area (Å²) in [4.78, 5) is 35.6. The molecule has 0 aliphatic heterocycles. The molecule has 0 radical (unpaired) electrons. The van der Waals surface area contributed by atoms with E-state index in [9.17, 15) is 14.4 Å². The quantitative estimate of drug-likeness (QED) is 0.715. The first-order valence-corrected chi connectivity index (χ1v) is 8.59. The first-order chi connectivity index (χ1) is 12.1. The number of carbonyl (C=O) groups is 3. The lowest BCUT2D eigenvalue weighted by Gasteiger charge is -2.08. The molecule has 8 heteroatoms. The monoisotopic (exact) mass is 359 g/mol. The van der Waals surface area contributed by atoms with Crippen molar-refractivity contribution in [2.45, 2.75) is 18.9 Å². The summed E-state index contributed by atoms with van der Waals surface area (Å²) < 4.78 is 4.68. The standard InChI is InChI=1S/C17H17N3O4S/c1-24-16(22)13-8-9-25-15(13)20-14(21)10-2-4-11(5-3-10)18-17(23)19-12-6-7-12/h2-5,8-9,12H,6-7H2,1H3,(H,20,21)(H2,18,19,23). The molecule has 1 aliphatic carbocycles. The van der Waals surface area contributed by atoms with Crippen LogP contribution in [-0.4, -0.2) is 31.1 Å². The molecule has 25 heavy (non-hydrogen) atoms. The number of nitrogens with one attached hydrogen (secondary N) is 3. The van der Waals surface area contributed by atoms with Gasteiger partial charge in [0.05, 0.1) is 12.7 Å². The number of rotatable bonds is 5. The van der Waals surface area contributed by atoms with Gasteiger partial charge in [0.25, 0.3) is 5.91 Å². The predicted molar refractivity (Wildman–Crippen MR) is 95.2 cm³/mol. The van der Waals surface area contributed by atoms with Crippen molar-refractivity contribution in [2.75, 3.05) is 17.7 Å². The van der Waals surface area contributed by atoms with Gasteiger partial charge in [-0.25, -0.2) is 9.59 Å². The first kappa shape index (κ1) is 17.0. The summed E-state index contributed by atoms with van der Waals surface area (Å²) in [5.74, 6) is -0.848. The summed E-state index contributed by atoms with van der Waals surface area (Å²) in [6.45, 7) is 0. The Kier molecular flexibility index (Phi) is 4.99. The maximum absolute atomic E-state index is 12.3. The van der Waals surface area contributed by atoms with Crippen LogP contribution in [-0.2, 0) is 4.74 Å². The third kappa shape index (κ3) is 4.36. The lowest BCUT2D eigenvalue weighted by Crippen LogP contribution is -2.30. The number of anilines is 2. The summed E-state index contributed by atoms with van der Waals surface area (Å²) >= 11 is 1.24. The largest absolute Gasteiger partial charge is 0.465 e. The number of thiophene rings is 1. The summed E-state index contributed by atoms with van der Waals surface area (Å²) in [5, 5.41) is 10.4. The van der Waals surface area contributed by atoms with E-state index in [0.717, 1.165) is 12.8 Å². The minimum atomic E-state index is -0.502. The SMILES string of the molecule is COC(=O)c1ccsc1NC(=O)c1ccc(NC(=O)NC2CC2)cc1. The Morgan fingerprint density at radius 3 is 2.44 bits per heavy atom. The van der Waals surface area contributed by atoms with Crippen molar-refractivity contribution < 1.29 is 19.1 Å². The molecule has 0 unspecified atom stereocenters. The number of amides is 3. The van der Waals surface area contributed by atoms with Crippen LogP contribution in [0.25, 0.3) is 0 Å². The van der Waals surface area contributed by atoms with Crippen molar-refractivity contribution >= 4 is 39.9 Å². The van der Waals surface area contributed by atoms with Crippen molar-refractivity contribution in [1.29, 1.82) is 0 Å². The zero-order chi connectivity index (χ0) is 17.8. The average Bonchev–Trinajstić information content (AvgIpc) is 3.29. The number of carbonyl (C=O) groups excluding carboxylic acids is 3. The molecule has 3 N–H and O–H groups in total. The van der Waals surface area contributed by atoms with Crippen molar-refractivity contribution in [3.63, 3.8) is 0 Å². The first-order valence-electron chi connectivity index (χ1n) is 7.71. The van der Waals surface area contributed by atoms with Gasteiger partial charge in [-0.2, -0.15) is 0 Å². The summed E-state index contributed by atoms with van der Waals surface area (Å²) in [7, 11) is 1.29. The second kappa shape index (κ2) is 7.35. The van der Waals surface area contributed by atoms with Gasteiger partial charge in [0.1, 0.15) is 5.00 Å². The molecule has 3 rings (SSSR count). The van der Waals surface area contributed by atoms with Crippen LogP contribution in [0.1, 0.15) is 33.6 Å². The minimum absolute atomic E-state index is 0.249. The number of hydrogen-bond donors (Lipinski definition) is 3. The highest BCUT2D eigenvalue weighted by Gasteiger charge is 2.23. The number of ether oxygens (including phenoxy) is 1. The second-order valence-electron chi connectivity index (χ2n) is 5.56. The van der Waals surface area contributed by atoms with Crippen LogP contribution < -0.4 is 16.0 Å². The lowest BCUT2D eigenvalue weighted by atomic mass is 10.2. The van der Waals surface area contributed by atoms with E-state index in [1.807, 2.05) is 0 Å². The second-order valence-corrected chi connectivity index (χ2v) is 6.48. The molecule has 1 aromatic carbocycles. The van der Waals surface area contributed by atoms with E-state index in [0.29, 0.717) is 21.8 Å². The van der Waals surface area contributed by atoms with E-state index in [-0.39, 0.29) is 18.0 Å². The number of urea groups is 1. The third-order valence-electron chi connectivity index (χ3n) is 3.62. The molecule has 0 spiro atoms. The average molecular weight is 359 g/mol. The number of hydrogen-bond acceptors (Lipinski definition) is 5. The molecule has 3 amide bonds. The maximum Gasteiger partial charge on any atom is 0.340 e. The van der Waals surface area contributed by atoms with E-state index in [1.165, 1.54) is 18.4 Å². The van der Waals surface area contributed by atoms with Crippen LogP contribution in [0.2, 0.25) is 0 Å². The van der Waals surface area contributed by atoms with Crippen LogP contribution in [0.5, 0.6) is 0 Å². The van der Waals surface area contributed by atoms with Crippen LogP contribution in [0, 0.1) is 0 Å². The predicted octanol–water partition coefficient (Wildman–Crippen LogP) is 3.07. The number of methoxy groups -OCH3 is 1. The van der Waals surface area contributed by atoms with Crippen molar-refractivity contribution in [1.82, 2.24) is 5.32 Å². The fourth-order valence-corrected chi connectivity index (χ4v) is 2.91. The molecule has 7 nitrogen and oxygen atoms in total. The Balaban J connectivity index is 1.61. The van der Waals surface area contributed by atoms with Crippen molar-refractivity contribution in [2.24, 2.45) is 0 Å². The zero-order valence-corrected chi connectivity index (χ0v) is 14.3. The highest BCUT2D eigenvalue weighted by Crippen LogP contribution is 2.25. The summed E-state index contributed by atoms with van der Waals surface area (Å²) in [6, 6.07) is 8.13. The Labute approximate surface area is 148 Å². The molecule has 1 aliphatic rings. The van der Waals surface area contributed by atoms with Gasteiger partial charge < -0.3 is 20.7 Å². The topological polar surface area (TPSA) is 96.5 Å². The Hall–Kier alpha value is -2.87. The van der Waals surface area contributed by atoms with Gasteiger partial charge in [0, 0.05) is 17.3 Å². The highest BCUT2D eigenvalue weighted by molar-refractivity contribution is 7.14. The van der Waals surface area contributed by atoms with Gasteiger partial charge in [-0.3, -0.25) is 4.79 Å². The summed E-state index contributed by atoms with van der Waals surface area (Å²) in [6.07, 6.45) is 2.03. The van der Waals surface area contributed by atoms with E-state index in [4.69, 9.17) is 0 Å². The van der Waals surface area contributed by atoms with Crippen LogP contribution >= 0.6 is 11.3 Å². The lowest BCUT2D eigenvalue weighted by molar-refractivity contribution is 0.0602. The van der Waals surface area contributed by atoms with Crippen LogP contribution in [0.15, 0.2) is 35.7 Å². The van der Waals surface area contributed by atoms with E-state index < -0.39 is 5.97 Å². The molecule has 0 atom stereocenters. The molecule has 1 heterocycles. The van der Waals surface area contributed by atoms with Crippen LogP contribution in [0.4, 0.5) is 15.5 Å². The Bertz CT molecular complexity index is 796. The molecule has 0 saturated heterocycles. The molecule has 1 aromatic heterocycles. The third-order valence-corrected chi connectivity index (χ3v) is 4.44. The smallest absolute Gasteiger partial charge is 0.340 e. The van der Waals surface area contributed by atoms with Crippen LogP contribution in [0.3, 0.4) is 0 Å². The van der Waals surface area contributed by atoms with E-state index in [1.54, 1.807) is 35.7 Å². The molecule has 1 fully saturated rings. The maximum atomic E-state index is 12.3. The van der Waals surface area contributed by atoms with Gasteiger partial charge in [-0.15, -0.1) is 11.3 Å². The molecular weight excluding hydrogens is 342 g/mol. The van der Waals surface area contributed by atoms with Gasteiger partial charge in [-0.1, -0.05) is 0 Å².